The van der Waals surface area contributed by atoms with Gasteiger partial charge in [0.1, 0.15) is 5.60 Å². The number of alkyl halides is 1. The summed E-state index contributed by atoms with van der Waals surface area (Å²) in [4.78, 5) is 29.8. The monoisotopic (exact) mass is 363 g/mol. The highest BCUT2D eigenvalue weighted by Crippen LogP contribution is 2.22. The van der Waals surface area contributed by atoms with Gasteiger partial charge in [-0.2, -0.15) is 0 Å². The van der Waals surface area contributed by atoms with E-state index in [1.54, 1.807) is 9.80 Å². The molecule has 0 unspecified atom stereocenters. The molecule has 140 valence electrons. The highest BCUT2D eigenvalue weighted by Gasteiger charge is 2.34. The van der Waals surface area contributed by atoms with Gasteiger partial charge in [0.15, 0.2) is 6.07 Å². The lowest BCUT2D eigenvalue weighted by Crippen LogP contribution is -2.48. The number of hydrogen-bond donors (Lipinski definition) is 0. The minimum atomic E-state index is -0.535. The van der Waals surface area contributed by atoms with E-state index in [9.17, 15) is 9.59 Å². The molecule has 1 aliphatic rings. The predicted molar refractivity (Wildman–Crippen MR) is 93.3 cm³/mol. The third-order valence-corrected chi connectivity index (χ3v) is 3.80. The molecule has 1 fully saturated rings. The molecule has 0 aromatic heterocycles. The fourth-order valence-corrected chi connectivity index (χ4v) is 2.65. The molecule has 24 heavy (non-hydrogen) atoms. The van der Waals surface area contributed by atoms with E-state index >= 15 is 0 Å². The number of carbonyl (C=O) groups excluding carboxylic acids is 2. The lowest BCUT2D eigenvalue weighted by Gasteiger charge is -2.32. The molecule has 2 amide bonds. The largest absolute Gasteiger partial charge is 0.444 e. The SMILES string of the molecule is CN(C)CCN(C[C@@H]1CCCN1C(=O)OC(C)(C)C)C(=O)OCCl. The standard InChI is InChI=1S/C16H30ClN3O4/c1-16(2,3)24-15(22)20-8-6-7-13(20)11-19(10-9-18(4)5)14(21)23-12-17/h13H,6-12H2,1-5H3/t13-/m0/s1. The zero-order chi connectivity index (χ0) is 18.3. The Morgan fingerprint density at radius 3 is 2.46 bits per heavy atom. The summed E-state index contributed by atoms with van der Waals surface area (Å²) in [6, 6.07) is -0.248. The molecule has 8 heteroatoms. The first-order valence-electron chi connectivity index (χ1n) is 8.26. The second kappa shape index (κ2) is 9.32. The van der Waals surface area contributed by atoms with Crippen LogP contribution in [-0.4, -0.2) is 84.9 Å². The Balaban J connectivity index is 2.71. The second-order valence-electron chi connectivity index (χ2n) is 7.24. The molecular formula is C16H30ClN3O4. The van der Waals surface area contributed by atoms with Crippen LogP contribution < -0.4 is 0 Å². The van der Waals surface area contributed by atoms with E-state index in [4.69, 9.17) is 21.1 Å². The van der Waals surface area contributed by atoms with Crippen molar-refractivity contribution in [2.45, 2.75) is 45.3 Å². The number of rotatable bonds is 6. The van der Waals surface area contributed by atoms with Crippen LogP contribution in [0.3, 0.4) is 0 Å². The van der Waals surface area contributed by atoms with E-state index in [1.807, 2.05) is 39.8 Å². The van der Waals surface area contributed by atoms with Crippen LogP contribution in [0.15, 0.2) is 0 Å². The van der Waals surface area contributed by atoms with Crippen molar-refractivity contribution < 1.29 is 19.1 Å². The first-order valence-corrected chi connectivity index (χ1v) is 8.79. The van der Waals surface area contributed by atoms with Gasteiger partial charge in [-0.1, -0.05) is 11.6 Å². The van der Waals surface area contributed by atoms with Crippen LogP contribution in [0.1, 0.15) is 33.6 Å². The number of likely N-dealkylation sites (tertiary alicyclic amines) is 1. The number of nitrogens with zero attached hydrogens (tertiary/aromatic N) is 3. The third kappa shape index (κ3) is 7.13. The Kier molecular flexibility index (Phi) is 8.09. The first-order chi connectivity index (χ1) is 11.1. The zero-order valence-corrected chi connectivity index (χ0v) is 16.1. The van der Waals surface area contributed by atoms with Gasteiger partial charge in [-0.05, 0) is 47.7 Å². The number of hydrogen-bond acceptors (Lipinski definition) is 5. The zero-order valence-electron chi connectivity index (χ0n) is 15.4. The summed E-state index contributed by atoms with van der Waals surface area (Å²) < 4.78 is 10.4. The highest BCUT2D eigenvalue weighted by molar-refractivity contribution is 6.17. The first kappa shape index (κ1) is 20.8. The number of ether oxygens (including phenoxy) is 2. The second-order valence-corrected chi connectivity index (χ2v) is 7.46. The number of carbonyl (C=O) groups is 2. The maximum Gasteiger partial charge on any atom is 0.411 e. The van der Waals surface area contributed by atoms with Gasteiger partial charge in [-0.3, -0.25) is 0 Å². The molecule has 0 aromatic rings. The van der Waals surface area contributed by atoms with Crippen LogP contribution in [0.2, 0.25) is 0 Å². The molecule has 7 nitrogen and oxygen atoms in total. The van der Waals surface area contributed by atoms with Crippen molar-refractivity contribution in [3.05, 3.63) is 0 Å². The molecule has 0 aliphatic carbocycles. The summed E-state index contributed by atoms with van der Waals surface area (Å²) in [5.41, 5.74) is -0.535. The number of amides is 2. The topological polar surface area (TPSA) is 62.3 Å². The van der Waals surface area contributed by atoms with Gasteiger partial charge in [0, 0.05) is 26.2 Å². The van der Waals surface area contributed by atoms with Crippen LogP contribution in [0.5, 0.6) is 0 Å². The fraction of sp³-hybridized carbons (Fsp3) is 0.875. The maximum atomic E-state index is 12.4. The van der Waals surface area contributed by atoms with Gasteiger partial charge in [-0.15, -0.1) is 0 Å². The van der Waals surface area contributed by atoms with Crippen LogP contribution in [0, 0.1) is 0 Å². The smallest absolute Gasteiger partial charge is 0.411 e. The van der Waals surface area contributed by atoms with Gasteiger partial charge >= 0.3 is 12.2 Å². The van der Waals surface area contributed by atoms with Gasteiger partial charge < -0.3 is 24.2 Å². The molecule has 1 aliphatic heterocycles. The van der Waals surface area contributed by atoms with Crippen molar-refractivity contribution in [1.82, 2.24) is 14.7 Å². The van der Waals surface area contributed by atoms with Gasteiger partial charge in [0.25, 0.3) is 0 Å². The van der Waals surface area contributed by atoms with E-state index in [1.165, 1.54) is 0 Å². The lowest BCUT2D eigenvalue weighted by atomic mass is 10.2. The predicted octanol–water partition coefficient (Wildman–Crippen LogP) is 2.58. The van der Waals surface area contributed by atoms with Crippen molar-refractivity contribution in [2.24, 2.45) is 0 Å². The van der Waals surface area contributed by atoms with Crippen molar-refractivity contribution in [2.75, 3.05) is 46.3 Å². The van der Waals surface area contributed by atoms with Crippen molar-refractivity contribution in [1.29, 1.82) is 0 Å². The average molecular weight is 364 g/mol. The average Bonchev–Trinajstić information content (AvgIpc) is 2.89. The maximum absolute atomic E-state index is 12.4. The summed E-state index contributed by atoms with van der Waals surface area (Å²) in [6.07, 6.45) is 0.952. The molecule has 0 radical (unpaired) electrons. The minimum absolute atomic E-state index is 0.0649. The van der Waals surface area contributed by atoms with E-state index in [-0.39, 0.29) is 18.2 Å². The minimum Gasteiger partial charge on any atom is -0.444 e. The summed E-state index contributed by atoms with van der Waals surface area (Å²) in [5.74, 6) is 0. The Bertz CT molecular complexity index is 426. The van der Waals surface area contributed by atoms with E-state index in [2.05, 4.69) is 0 Å². The molecule has 0 N–H and O–H groups in total. The van der Waals surface area contributed by atoms with Crippen LogP contribution in [-0.2, 0) is 9.47 Å². The molecule has 0 aromatic carbocycles. The van der Waals surface area contributed by atoms with Crippen LogP contribution in [0.4, 0.5) is 9.59 Å². The van der Waals surface area contributed by atoms with Gasteiger partial charge in [-0.25, -0.2) is 9.59 Å². The Morgan fingerprint density at radius 1 is 1.25 bits per heavy atom. The van der Waals surface area contributed by atoms with Gasteiger partial charge in [0.2, 0.25) is 0 Å². The molecule has 1 saturated heterocycles. The summed E-state index contributed by atoms with van der Waals surface area (Å²) in [7, 11) is 3.88. The number of likely N-dealkylation sites (N-methyl/N-ethyl adjacent to an activating group) is 1. The molecule has 0 bridgehead atoms. The van der Waals surface area contributed by atoms with Crippen molar-refractivity contribution >= 4 is 23.8 Å². The quantitative estimate of drug-likeness (QED) is 0.679. The normalized spacial score (nSPS) is 18.0. The Hall–Kier alpha value is -1.21. The molecule has 1 heterocycles. The van der Waals surface area contributed by atoms with Crippen molar-refractivity contribution in [3.63, 3.8) is 0 Å². The van der Waals surface area contributed by atoms with Crippen LogP contribution >= 0.6 is 11.6 Å². The lowest BCUT2D eigenvalue weighted by molar-refractivity contribution is 0.0190. The molecule has 0 saturated carbocycles. The highest BCUT2D eigenvalue weighted by atomic mass is 35.5. The van der Waals surface area contributed by atoms with E-state index < -0.39 is 11.7 Å². The van der Waals surface area contributed by atoms with E-state index in [0.717, 1.165) is 12.8 Å². The molecule has 1 atom stereocenters. The summed E-state index contributed by atoms with van der Waals surface area (Å²) in [5, 5.41) is 0. The molecule has 1 rings (SSSR count). The molecular weight excluding hydrogens is 334 g/mol. The molecule has 0 spiro atoms. The fourth-order valence-electron chi connectivity index (χ4n) is 2.56. The Morgan fingerprint density at radius 2 is 1.92 bits per heavy atom. The summed E-state index contributed by atoms with van der Waals surface area (Å²) >= 11 is 5.51. The van der Waals surface area contributed by atoms with Crippen LogP contribution in [0.25, 0.3) is 0 Å². The van der Waals surface area contributed by atoms with Gasteiger partial charge in [0.05, 0.1) is 6.04 Å². The number of halogens is 1. The third-order valence-electron chi connectivity index (χ3n) is 3.69. The van der Waals surface area contributed by atoms with Crippen molar-refractivity contribution in [3.8, 4) is 0 Å². The van der Waals surface area contributed by atoms with E-state index in [0.29, 0.717) is 26.2 Å². The summed E-state index contributed by atoms with van der Waals surface area (Å²) in [6.45, 7) is 7.82. The Labute approximate surface area is 149 Å².